The van der Waals surface area contributed by atoms with Crippen molar-refractivity contribution in [2.75, 3.05) is 40.9 Å². The van der Waals surface area contributed by atoms with Crippen LogP contribution >= 0.6 is 7.82 Å². The van der Waals surface area contributed by atoms with Crippen molar-refractivity contribution >= 4 is 13.7 Å². The Morgan fingerprint density at radius 2 is 0.984 bits per heavy atom. The van der Waals surface area contributed by atoms with Gasteiger partial charge in [-0.05, 0) is 83.5 Å². The number of unbranched alkanes of at least 4 members (excludes halogenated alkanes) is 12. The fraction of sp³-hybridized carbons (Fsp3) is 0.635. The molecule has 0 saturated carbocycles. The third kappa shape index (κ3) is 45.0. The number of carbonyl (C=O) groups excluding carboxylic acids is 1. The second-order valence-electron chi connectivity index (χ2n) is 16.8. The van der Waals surface area contributed by atoms with E-state index >= 15 is 0 Å². The number of hydrogen-bond donors (Lipinski definition) is 3. The molecule has 0 fully saturated rings. The maximum atomic E-state index is 12.8. The first-order valence-electron chi connectivity index (χ1n) is 23.8. The Bertz CT molecular complexity index is 1350. The first kappa shape index (κ1) is 58.2. The molecule has 0 aliphatic rings. The van der Waals surface area contributed by atoms with Gasteiger partial charge in [-0.25, -0.2) is 4.57 Å². The third-order valence-electron chi connectivity index (χ3n) is 9.75. The van der Waals surface area contributed by atoms with E-state index in [0.717, 1.165) is 109 Å². The van der Waals surface area contributed by atoms with E-state index < -0.39 is 20.0 Å². The van der Waals surface area contributed by atoms with Crippen LogP contribution in [0.3, 0.4) is 0 Å². The van der Waals surface area contributed by atoms with Gasteiger partial charge in [0.1, 0.15) is 13.2 Å². The van der Waals surface area contributed by atoms with Gasteiger partial charge in [-0.3, -0.25) is 13.8 Å². The van der Waals surface area contributed by atoms with Gasteiger partial charge < -0.3 is 19.8 Å². The number of nitrogens with one attached hydrogen (secondary N) is 1. The molecule has 3 atom stereocenters. The number of rotatable bonds is 41. The van der Waals surface area contributed by atoms with E-state index in [1.54, 1.807) is 6.08 Å². The molecule has 0 aliphatic heterocycles. The number of carbonyl (C=O) groups is 1. The summed E-state index contributed by atoms with van der Waals surface area (Å²) in [6.45, 7) is 4.58. The van der Waals surface area contributed by atoms with Crippen molar-refractivity contribution in [2.45, 2.75) is 174 Å². The molecule has 3 N–H and O–H groups in total. The van der Waals surface area contributed by atoms with E-state index in [-0.39, 0.29) is 19.1 Å². The Kier molecular flexibility index (Phi) is 40.5. The van der Waals surface area contributed by atoms with Crippen molar-refractivity contribution in [1.82, 2.24) is 5.32 Å². The average Bonchev–Trinajstić information content (AvgIpc) is 3.21. The lowest BCUT2D eigenvalue weighted by Crippen LogP contribution is -2.45. The second-order valence-corrected chi connectivity index (χ2v) is 18.2. The molecule has 8 nitrogen and oxygen atoms in total. The Morgan fingerprint density at radius 3 is 1.44 bits per heavy atom. The summed E-state index contributed by atoms with van der Waals surface area (Å²) in [4.78, 5) is 23.0. The number of phosphoric acid groups is 1. The van der Waals surface area contributed by atoms with Gasteiger partial charge in [-0.15, -0.1) is 0 Å². The topological polar surface area (TPSA) is 105 Å². The number of phosphoric ester groups is 1. The van der Waals surface area contributed by atoms with Crippen molar-refractivity contribution in [3.05, 3.63) is 109 Å². The molecular weight excluding hydrogens is 780 g/mol. The summed E-state index contributed by atoms with van der Waals surface area (Å²) < 4.78 is 23.4. The number of nitrogens with zero attached hydrogens (tertiary/aromatic N) is 1. The molecule has 0 saturated heterocycles. The minimum atomic E-state index is -4.33. The van der Waals surface area contributed by atoms with Crippen LogP contribution in [0.2, 0.25) is 0 Å². The summed E-state index contributed by atoms with van der Waals surface area (Å²) in [5.41, 5.74) is 0. The van der Waals surface area contributed by atoms with Crippen LogP contribution in [0.25, 0.3) is 0 Å². The molecule has 0 aromatic carbocycles. The van der Waals surface area contributed by atoms with Crippen molar-refractivity contribution in [2.24, 2.45) is 0 Å². The number of quaternary nitrogens is 1. The molecule has 348 valence electrons. The molecule has 0 aliphatic carbocycles. The van der Waals surface area contributed by atoms with Crippen LogP contribution in [0.4, 0.5) is 0 Å². The summed E-state index contributed by atoms with van der Waals surface area (Å²) in [5, 5.41) is 13.7. The molecule has 0 aromatic rings. The van der Waals surface area contributed by atoms with Gasteiger partial charge in [0.2, 0.25) is 5.91 Å². The van der Waals surface area contributed by atoms with Gasteiger partial charge in [0.25, 0.3) is 0 Å². The normalized spacial score (nSPS) is 15.2. The molecule has 0 heterocycles. The Hall–Kier alpha value is -2.84. The molecule has 0 rings (SSSR count). The lowest BCUT2D eigenvalue weighted by Gasteiger charge is -2.25. The van der Waals surface area contributed by atoms with Gasteiger partial charge >= 0.3 is 7.82 Å². The predicted molar refractivity (Wildman–Crippen MR) is 262 cm³/mol. The summed E-state index contributed by atoms with van der Waals surface area (Å²) in [6, 6.07) is -0.854. The Balaban J connectivity index is 4.07. The lowest BCUT2D eigenvalue weighted by atomic mass is 10.1. The number of amides is 1. The summed E-state index contributed by atoms with van der Waals surface area (Å²) >= 11 is 0. The van der Waals surface area contributed by atoms with Crippen LogP contribution in [-0.2, 0) is 18.4 Å². The van der Waals surface area contributed by atoms with Crippen molar-refractivity contribution in [1.29, 1.82) is 0 Å². The standard InChI is InChI=1S/C52H89N2O6P/c1-6-8-10-12-14-15-16-17-18-19-20-21-22-23-24-25-26-27-28-29-30-31-32-33-34-35-36-37-38-39-40-42-44-46-52(56)53-50(51(55)45-43-41-13-11-9-7-2)49-60-61(57,58)59-48-47-54(3,4)5/h8,10,14-15,17-18,20-21,23-24,26-27,29-30,32-33,43,45,50-51,55H,6-7,9,11-13,16,19,22,25,28,31,34-42,44,46-49H2,1-5H3,(H-,53,56,57,58)/p+1/b10-8-,15-14-,18-17-,21-20-,24-23-,27-26-,30-29-,33-32-,45-43+. The number of aliphatic hydroxyl groups is 1. The molecule has 9 heteroatoms. The van der Waals surface area contributed by atoms with Gasteiger partial charge in [0.05, 0.1) is 39.9 Å². The average molecular weight is 870 g/mol. The van der Waals surface area contributed by atoms with Crippen molar-refractivity contribution in [3.8, 4) is 0 Å². The third-order valence-corrected chi connectivity index (χ3v) is 10.7. The van der Waals surface area contributed by atoms with Crippen LogP contribution in [0.15, 0.2) is 109 Å². The first-order valence-corrected chi connectivity index (χ1v) is 25.3. The van der Waals surface area contributed by atoms with Gasteiger partial charge in [0, 0.05) is 6.42 Å². The first-order chi connectivity index (χ1) is 29.5. The molecule has 0 aromatic heterocycles. The highest BCUT2D eigenvalue weighted by Gasteiger charge is 2.27. The van der Waals surface area contributed by atoms with Crippen LogP contribution in [0, 0.1) is 0 Å². The highest BCUT2D eigenvalue weighted by molar-refractivity contribution is 7.47. The van der Waals surface area contributed by atoms with Gasteiger partial charge in [0.15, 0.2) is 0 Å². The fourth-order valence-electron chi connectivity index (χ4n) is 6.00. The minimum Gasteiger partial charge on any atom is -0.387 e. The molecule has 61 heavy (non-hydrogen) atoms. The fourth-order valence-corrected chi connectivity index (χ4v) is 6.73. The number of hydrogen-bond acceptors (Lipinski definition) is 5. The SMILES string of the molecule is CC/C=C\C/C=C\C/C=C\C/C=C\C/C=C\C/C=C\C/C=C\C/C=C\CCCCCCCCCCC(=O)NC(COP(=O)(O)OCC[N+](C)(C)C)C(O)/C=C/CCCCCC. The van der Waals surface area contributed by atoms with Crippen LogP contribution in [0.1, 0.15) is 162 Å². The molecular formula is C52H90N2O6P+. The van der Waals surface area contributed by atoms with Crippen LogP contribution in [0.5, 0.6) is 0 Å². The van der Waals surface area contributed by atoms with Crippen LogP contribution in [-0.4, -0.2) is 73.4 Å². The lowest BCUT2D eigenvalue weighted by molar-refractivity contribution is -0.870. The molecule has 3 unspecified atom stereocenters. The Labute approximate surface area is 374 Å². The molecule has 0 bridgehead atoms. The molecule has 0 spiro atoms. The van der Waals surface area contributed by atoms with E-state index in [9.17, 15) is 19.4 Å². The Morgan fingerprint density at radius 1 is 0.574 bits per heavy atom. The minimum absolute atomic E-state index is 0.0532. The van der Waals surface area contributed by atoms with Crippen molar-refractivity contribution < 1.29 is 32.9 Å². The van der Waals surface area contributed by atoms with E-state index in [1.165, 1.54) is 32.1 Å². The predicted octanol–water partition coefficient (Wildman–Crippen LogP) is 13.7. The number of allylic oxidation sites excluding steroid dienone is 17. The molecule has 1 amide bonds. The van der Waals surface area contributed by atoms with Crippen LogP contribution < -0.4 is 5.32 Å². The largest absolute Gasteiger partial charge is 0.472 e. The highest BCUT2D eigenvalue weighted by atomic mass is 31.2. The number of likely N-dealkylation sites (N-methyl/N-ethyl adjacent to an activating group) is 1. The zero-order valence-electron chi connectivity index (χ0n) is 39.4. The van der Waals surface area contributed by atoms with Crippen molar-refractivity contribution in [3.63, 3.8) is 0 Å². The smallest absolute Gasteiger partial charge is 0.387 e. The van der Waals surface area contributed by atoms with E-state index in [4.69, 9.17) is 9.05 Å². The van der Waals surface area contributed by atoms with Gasteiger partial charge in [-0.1, -0.05) is 181 Å². The second kappa shape index (κ2) is 42.5. The van der Waals surface area contributed by atoms with E-state index in [0.29, 0.717) is 17.4 Å². The van der Waals surface area contributed by atoms with E-state index in [1.807, 2.05) is 27.2 Å². The number of aliphatic hydroxyl groups excluding tert-OH is 1. The maximum absolute atomic E-state index is 12.8. The zero-order chi connectivity index (χ0) is 45.0. The summed E-state index contributed by atoms with van der Waals surface area (Å²) in [6.07, 6.45) is 62.0. The maximum Gasteiger partial charge on any atom is 0.472 e. The molecule has 0 radical (unpaired) electrons. The summed E-state index contributed by atoms with van der Waals surface area (Å²) in [7, 11) is 1.54. The van der Waals surface area contributed by atoms with E-state index in [2.05, 4.69) is 116 Å². The zero-order valence-corrected chi connectivity index (χ0v) is 40.2. The van der Waals surface area contributed by atoms with Gasteiger partial charge in [-0.2, -0.15) is 0 Å². The monoisotopic (exact) mass is 870 g/mol. The highest BCUT2D eigenvalue weighted by Crippen LogP contribution is 2.43. The quantitative estimate of drug-likeness (QED) is 0.0245. The summed E-state index contributed by atoms with van der Waals surface area (Å²) in [5.74, 6) is -0.198.